The molecule has 9 nitrogen and oxygen atoms in total. The van der Waals surface area contributed by atoms with Crippen molar-refractivity contribution in [3.05, 3.63) is 35.2 Å². The van der Waals surface area contributed by atoms with Crippen LogP contribution in [0.2, 0.25) is 5.02 Å². The first-order chi connectivity index (χ1) is 17.3. The Balaban J connectivity index is 1.49. The Morgan fingerprint density at radius 2 is 1.97 bits per heavy atom. The molecular formula is C25H31ClFN7O2. The highest BCUT2D eigenvalue weighted by Gasteiger charge is 2.30. The van der Waals surface area contributed by atoms with Crippen molar-refractivity contribution >= 4 is 46.3 Å². The molecule has 11 heteroatoms. The fourth-order valence-electron chi connectivity index (χ4n) is 5.35. The van der Waals surface area contributed by atoms with Gasteiger partial charge in [0.2, 0.25) is 17.8 Å². The Morgan fingerprint density at radius 1 is 1.19 bits per heavy atom. The molecule has 0 radical (unpaired) electrons. The lowest BCUT2D eigenvalue weighted by Crippen LogP contribution is -2.35. The lowest BCUT2D eigenvalue weighted by Gasteiger charge is -2.31. The van der Waals surface area contributed by atoms with Crippen LogP contribution in [0.5, 0.6) is 0 Å². The smallest absolute Gasteiger partial charge is 0.224 e. The normalized spacial score (nSPS) is 26.6. The van der Waals surface area contributed by atoms with E-state index in [1.165, 1.54) is 6.07 Å². The highest BCUT2D eigenvalue weighted by atomic mass is 35.5. The molecule has 5 rings (SSSR count). The number of nitrogens with two attached hydrogens (primary N) is 1. The minimum Gasteiger partial charge on any atom is -0.393 e. The first-order valence-electron chi connectivity index (χ1n) is 12.5. The number of carbonyl (C=O) groups excluding carboxylic acids is 1. The van der Waals surface area contributed by atoms with Gasteiger partial charge in [-0.1, -0.05) is 24.6 Å². The van der Waals surface area contributed by atoms with E-state index >= 15 is 0 Å². The lowest BCUT2D eigenvalue weighted by molar-refractivity contribution is -0.122. The standard InChI is InChI=1S/C25H31ClFN7O2/c1-13-5-8-15(11-20(13)35)30-24-29-12-19-23(33-24)34(16-9-6-14(7-10-16)22(28)36)25(31-19)32-21-17(26)3-2-4-18(21)27/h2-4,12-16,20,35H,5-11H2,1H3,(H2,28,36)(H,31,32)(H,29,30,33)/t13-,14-,15-,16+,20-/m1/s1. The van der Waals surface area contributed by atoms with Crippen LogP contribution in [0, 0.1) is 17.7 Å². The average molecular weight is 516 g/mol. The Hall–Kier alpha value is -2.98. The molecule has 192 valence electrons. The molecule has 36 heavy (non-hydrogen) atoms. The number of halogens is 2. The molecule has 2 aliphatic rings. The SMILES string of the molecule is C[C@@H]1CC[C@@H](Nc2ncc3nc(Nc4c(F)cccc4Cl)n([C@H]4CC[C@@H](C(N)=O)CC4)c3n2)C[C@H]1O. The van der Waals surface area contributed by atoms with E-state index in [2.05, 4.69) is 27.5 Å². The number of benzene rings is 1. The third kappa shape index (κ3) is 4.97. The molecule has 2 aliphatic carbocycles. The summed E-state index contributed by atoms with van der Waals surface area (Å²) in [6.07, 6.45) is 6.52. The summed E-state index contributed by atoms with van der Waals surface area (Å²) >= 11 is 6.28. The molecule has 2 saturated carbocycles. The number of aliphatic hydroxyl groups excluding tert-OH is 1. The summed E-state index contributed by atoms with van der Waals surface area (Å²) in [5.74, 6) is 0.225. The predicted molar refractivity (Wildman–Crippen MR) is 137 cm³/mol. The Labute approximate surface area is 213 Å². The molecule has 3 aromatic rings. The Bertz CT molecular complexity index is 1240. The maximum absolute atomic E-state index is 14.6. The fourth-order valence-corrected chi connectivity index (χ4v) is 5.56. The molecule has 0 unspecified atom stereocenters. The van der Waals surface area contributed by atoms with Gasteiger partial charge in [-0.25, -0.2) is 14.4 Å². The molecule has 0 saturated heterocycles. The van der Waals surface area contributed by atoms with Crippen LogP contribution in [0.3, 0.4) is 0 Å². The van der Waals surface area contributed by atoms with Gasteiger partial charge in [-0.2, -0.15) is 4.98 Å². The van der Waals surface area contributed by atoms with Crippen molar-refractivity contribution in [2.24, 2.45) is 17.6 Å². The number of amides is 1. The first-order valence-corrected chi connectivity index (χ1v) is 12.9. The molecule has 1 aromatic carbocycles. The van der Waals surface area contributed by atoms with Crippen molar-refractivity contribution in [3.8, 4) is 0 Å². The minimum absolute atomic E-state index is 0.0150. The first kappa shape index (κ1) is 24.7. The van der Waals surface area contributed by atoms with E-state index in [-0.39, 0.29) is 46.6 Å². The maximum Gasteiger partial charge on any atom is 0.224 e. The summed E-state index contributed by atoms with van der Waals surface area (Å²) in [7, 11) is 0. The topological polar surface area (TPSA) is 131 Å². The van der Waals surface area contributed by atoms with Gasteiger partial charge in [-0.05, 0) is 63.0 Å². The number of primary amides is 1. The van der Waals surface area contributed by atoms with Gasteiger partial charge in [-0.3, -0.25) is 9.36 Å². The summed E-state index contributed by atoms with van der Waals surface area (Å²) in [5, 5.41) is 17.0. The molecular weight excluding hydrogens is 485 g/mol. The van der Waals surface area contributed by atoms with Crippen LogP contribution in [-0.2, 0) is 4.79 Å². The summed E-state index contributed by atoms with van der Waals surface area (Å²) in [5.41, 5.74) is 6.84. The van der Waals surface area contributed by atoms with Gasteiger partial charge in [0, 0.05) is 18.0 Å². The van der Waals surface area contributed by atoms with Crippen LogP contribution in [0.1, 0.15) is 57.9 Å². The molecule has 2 fully saturated rings. The largest absolute Gasteiger partial charge is 0.393 e. The van der Waals surface area contributed by atoms with E-state index in [1.54, 1.807) is 18.3 Å². The number of nitrogens with zero attached hydrogens (tertiary/aromatic N) is 4. The number of anilines is 3. The van der Waals surface area contributed by atoms with E-state index in [1.807, 2.05) is 4.57 Å². The molecule has 2 heterocycles. The van der Waals surface area contributed by atoms with Crippen molar-refractivity contribution in [2.75, 3.05) is 10.6 Å². The van der Waals surface area contributed by atoms with Crippen molar-refractivity contribution in [1.82, 2.24) is 19.5 Å². The summed E-state index contributed by atoms with van der Waals surface area (Å²) in [6, 6.07) is 4.55. The zero-order chi connectivity index (χ0) is 25.4. The van der Waals surface area contributed by atoms with Crippen LogP contribution in [0.25, 0.3) is 11.2 Å². The second-order valence-corrected chi connectivity index (χ2v) is 10.4. The van der Waals surface area contributed by atoms with Crippen molar-refractivity contribution in [2.45, 2.75) is 70.1 Å². The van der Waals surface area contributed by atoms with Crippen LogP contribution < -0.4 is 16.4 Å². The summed E-state index contributed by atoms with van der Waals surface area (Å²) in [4.78, 5) is 25.6. The number of aliphatic hydroxyl groups is 1. The Kier molecular flexibility index (Phi) is 6.98. The molecule has 2 aromatic heterocycles. The highest BCUT2D eigenvalue weighted by Crippen LogP contribution is 2.38. The van der Waals surface area contributed by atoms with E-state index in [0.29, 0.717) is 55.2 Å². The number of imidazole rings is 1. The molecule has 5 N–H and O–H groups in total. The minimum atomic E-state index is -0.489. The quantitative estimate of drug-likeness (QED) is 0.379. The van der Waals surface area contributed by atoms with Crippen LogP contribution in [-0.4, -0.2) is 42.7 Å². The second-order valence-electron chi connectivity index (χ2n) is 10.0. The summed E-state index contributed by atoms with van der Waals surface area (Å²) in [6.45, 7) is 2.06. The van der Waals surface area contributed by atoms with Gasteiger partial charge in [0.15, 0.2) is 5.65 Å². The number of hydrogen-bond acceptors (Lipinski definition) is 7. The zero-order valence-corrected chi connectivity index (χ0v) is 20.9. The van der Waals surface area contributed by atoms with Gasteiger partial charge in [0.05, 0.1) is 23.0 Å². The molecule has 0 spiro atoms. The number of hydrogen-bond donors (Lipinski definition) is 4. The summed E-state index contributed by atoms with van der Waals surface area (Å²) < 4.78 is 16.6. The average Bonchev–Trinajstić information content (AvgIpc) is 3.21. The van der Waals surface area contributed by atoms with Gasteiger partial charge >= 0.3 is 0 Å². The molecule has 1 amide bonds. The van der Waals surface area contributed by atoms with Gasteiger partial charge in [0.25, 0.3) is 0 Å². The van der Waals surface area contributed by atoms with Crippen molar-refractivity contribution in [3.63, 3.8) is 0 Å². The lowest BCUT2D eigenvalue weighted by atomic mass is 9.85. The van der Waals surface area contributed by atoms with Gasteiger partial charge in [-0.15, -0.1) is 0 Å². The zero-order valence-electron chi connectivity index (χ0n) is 20.1. The number of aromatic nitrogens is 4. The Morgan fingerprint density at radius 3 is 2.67 bits per heavy atom. The van der Waals surface area contributed by atoms with E-state index < -0.39 is 5.82 Å². The van der Waals surface area contributed by atoms with E-state index in [0.717, 1.165) is 12.8 Å². The third-order valence-corrected chi connectivity index (χ3v) is 7.90. The fraction of sp³-hybridized carbons (Fsp3) is 0.520. The maximum atomic E-state index is 14.6. The highest BCUT2D eigenvalue weighted by molar-refractivity contribution is 6.33. The number of nitrogens with one attached hydrogen (secondary N) is 2. The second kappa shape index (κ2) is 10.2. The van der Waals surface area contributed by atoms with Gasteiger partial charge < -0.3 is 21.5 Å². The molecule has 3 atom stereocenters. The van der Waals surface area contributed by atoms with Crippen LogP contribution in [0.4, 0.5) is 22.0 Å². The number of rotatable bonds is 6. The van der Waals surface area contributed by atoms with Crippen molar-refractivity contribution < 1.29 is 14.3 Å². The van der Waals surface area contributed by atoms with Crippen molar-refractivity contribution in [1.29, 1.82) is 0 Å². The van der Waals surface area contributed by atoms with Crippen LogP contribution in [0.15, 0.2) is 24.4 Å². The van der Waals surface area contributed by atoms with E-state index in [4.69, 9.17) is 22.3 Å². The van der Waals surface area contributed by atoms with E-state index in [9.17, 15) is 14.3 Å². The number of fused-ring (bicyclic) bond motifs is 1. The predicted octanol–water partition coefficient (Wildman–Crippen LogP) is 4.54. The molecule has 0 aliphatic heterocycles. The number of para-hydroxylation sites is 1. The monoisotopic (exact) mass is 515 g/mol. The molecule has 0 bridgehead atoms. The van der Waals surface area contributed by atoms with Gasteiger partial charge in [0.1, 0.15) is 11.3 Å². The van der Waals surface area contributed by atoms with Crippen LogP contribution >= 0.6 is 11.6 Å². The number of carbonyl (C=O) groups is 1. The third-order valence-electron chi connectivity index (χ3n) is 7.58.